The number of hydrogen-bond acceptors (Lipinski definition) is 11. The first kappa shape index (κ1) is 21.8. The number of thiazole rings is 1. The standard InChI is InChI=1S/C12H16N8O7S2/c1-14-11(23)18-29(25,26)19-12(24)20-3-5(9(20)22)15-8(21)7(17-27-2)6-4-28-10(13)16-6/h4-5H,3H2,1-2H3,(H2,13,16)(H,15,21)(H,19,24)(H2,14,18,23)/b17-7-/t5-/m0/s1. The number of rotatable bonds is 6. The maximum absolute atomic E-state index is 12.3. The third-order valence-corrected chi connectivity index (χ3v) is 4.89. The zero-order valence-electron chi connectivity index (χ0n) is 15.0. The molecule has 1 atom stereocenters. The lowest BCUT2D eigenvalue weighted by Gasteiger charge is -2.36. The molecular formula is C12H16N8O7S2. The third-order valence-electron chi connectivity index (χ3n) is 3.32. The average Bonchev–Trinajstić information content (AvgIpc) is 3.06. The molecule has 0 bridgehead atoms. The second-order valence-electron chi connectivity index (χ2n) is 5.26. The highest BCUT2D eigenvalue weighted by molar-refractivity contribution is 7.88. The van der Waals surface area contributed by atoms with E-state index in [0.29, 0.717) is 4.90 Å². The van der Waals surface area contributed by atoms with Gasteiger partial charge in [0, 0.05) is 12.4 Å². The number of likely N-dealkylation sites (tertiary alicyclic amines) is 1. The monoisotopic (exact) mass is 448 g/mol. The van der Waals surface area contributed by atoms with Crippen molar-refractivity contribution in [1.29, 1.82) is 0 Å². The van der Waals surface area contributed by atoms with Crippen molar-refractivity contribution in [2.75, 3.05) is 26.4 Å². The van der Waals surface area contributed by atoms with Gasteiger partial charge >= 0.3 is 22.3 Å². The minimum Gasteiger partial charge on any atom is -0.398 e. The lowest BCUT2D eigenvalue weighted by molar-refractivity contribution is -0.141. The largest absolute Gasteiger partial charge is 0.398 e. The van der Waals surface area contributed by atoms with Gasteiger partial charge in [0.25, 0.3) is 11.8 Å². The lowest BCUT2D eigenvalue weighted by Crippen LogP contribution is -2.68. The first-order valence-electron chi connectivity index (χ1n) is 7.59. The number of carbonyl (C=O) groups is 4. The maximum atomic E-state index is 12.3. The number of carbonyl (C=O) groups excluding carboxylic acids is 4. The molecule has 2 heterocycles. The Morgan fingerprint density at radius 3 is 2.59 bits per heavy atom. The number of hydrogen-bond donors (Lipinski definition) is 5. The number of urea groups is 2. The van der Waals surface area contributed by atoms with Crippen molar-refractivity contribution < 1.29 is 32.4 Å². The van der Waals surface area contributed by atoms with Crippen LogP contribution in [0.4, 0.5) is 14.7 Å². The van der Waals surface area contributed by atoms with Crippen molar-refractivity contribution in [3.05, 3.63) is 11.1 Å². The predicted octanol–water partition coefficient (Wildman–Crippen LogP) is -2.71. The van der Waals surface area contributed by atoms with E-state index in [9.17, 15) is 27.6 Å². The summed E-state index contributed by atoms with van der Waals surface area (Å²) < 4.78 is 26.1. The van der Waals surface area contributed by atoms with Crippen LogP contribution in [0.15, 0.2) is 10.5 Å². The Hall–Kier alpha value is -3.47. The summed E-state index contributed by atoms with van der Waals surface area (Å²) in [6.07, 6.45) is 0. The molecule has 6 N–H and O–H groups in total. The highest BCUT2D eigenvalue weighted by Gasteiger charge is 2.43. The Labute approximate surface area is 167 Å². The smallest absolute Gasteiger partial charge is 0.339 e. The molecule has 0 unspecified atom stereocenters. The molecule has 1 aromatic heterocycles. The Balaban J connectivity index is 1.96. The molecule has 17 heteroatoms. The van der Waals surface area contributed by atoms with Crippen molar-refractivity contribution in [1.82, 2.24) is 30.0 Å². The summed E-state index contributed by atoms with van der Waals surface area (Å²) in [7, 11) is -2.16. The highest BCUT2D eigenvalue weighted by atomic mass is 32.2. The lowest BCUT2D eigenvalue weighted by atomic mass is 10.1. The fraction of sp³-hybridized carbons (Fsp3) is 0.333. The molecule has 0 aromatic carbocycles. The average molecular weight is 448 g/mol. The van der Waals surface area contributed by atoms with E-state index in [1.54, 1.807) is 0 Å². The summed E-state index contributed by atoms with van der Waals surface area (Å²) in [5.41, 5.74) is 5.39. The van der Waals surface area contributed by atoms with Crippen molar-refractivity contribution in [2.24, 2.45) is 5.16 Å². The molecule has 1 saturated heterocycles. The molecule has 15 nitrogen and oxygen atoms in total. The Morgan fingerprint density at radius 2 is 2.07 bits per heavy atom. The van der Waals surface area contributed by atoms with Crippen LogP contribution in [0.1, 0.15) is 5.69 Å². The van der Waals surface area contributed by atoms with Gasteiger partial charge in [-0.1, -0.05) is 5.16 Å². The highest BCUT2D eigenvalue weighted by Crippen LogP contribution is 2.14. The first-order valence-corrected chi connectivity index (χ1v) is 9.95. The molecule has 0 radical (unpaired) electrons. The van der Waals surface area contributed by atoms with Crippen molar-refractivity contribution >= 4 is 56.3 Å². The summed E-state index contributed by atoms with van der Waals surface area (Å²) >= 11 is 1.06. The van der Waals surface area contributed by atoms with Crippen LogP contribution in [-0.4, -0.2) is 74.6 Å². The van der Waals surface area contributed by atoms with Crippen LogP contribution >= 0.6 is 11.3 Å². The van der Waals surface area contributed by atoms with Crippen molar-refractivity contribution in [3.8, 4) is 0 Å². The molecule has 0 spiro atoms. The predicted molar refractivity (Wildman–Crippen MR) is 98.8 cm³/mol. The van der Waals surface area contributed by atoms with Crippen LogP contribution < -0.4 is 25.8 Å². The van der Waals surface area contributed by atoms with Crippen molar-refractivity contribution in [3.63, 3.8) is 0 Å². The van der Waals surface area contributed by atoms with Crippen LogP contribution in [0.2, 0.25) is 0 Å². The summed E-state index contributed by atoms with van der Waals surface area (Å²) in [6.45, 7) is -0.314. The fourth-order valence-electron chi connectivity index (χ4n) is 2.00. The zero-order valence-corrected chi connectivity index (χ0v) is 16.6. The molecule has 158 valence electrons. The minimum absolute atomic E-state index is 0.125. The molecular weight excluding hydrogens is 432 g/mol. The van der Waals surface area contributed by atoms with E-state index >= 15 is 0 Å². The van der Waals surface area contributed by atoms with E-state index in [4.69, 9.17) is 5.73 Å². The Kier molecular flexibility index (Phi) is 6.54. The molecule has 1 aliphatic rings. The van der Waals surface area contributed by atoms with Gasteiger partial charge in [-0.3, -0.25) is 14.5 Å². The van der Waals surface area contributed by atoms with Crippen LogP contribution in [0, 0.1) is 0 Å². The maximum Gasteiger partial charge on any atom is 0.339 e. The Morgan fingerprint density at radius 1 is 1.38 bits per heavy atom. The normalized spacial score (nSPS) is 16.5. The van der Waals surface area contributed by atoms with E-state index in [1.165, 1.54) is 29.0 Å². The molecule has 0 saturated carbocycles. The number of nitrogens with one attached hydrogen (secondary N) is 4. The quantitative estimate of drug-likeness (QED) is 0.173. The van der Waals surface area contributed by atoms with Gasteiger partial charge < -0.3 is 21.2 Å². The SMILES string of the molecule is CNC(=O)NS(=O)(=O)NC(=O)N1C[C@H](NC(=O)/C(=N\OC)c2csc(N)n2)C1=O. The van der Waals surface area contributed by atoms with Gasteiger partial charge in [0.1, 0.15) is 18.8 Å². The van der Waals surface area contributed by atoms with Crippen LogP contribution in [0.3, 0.4) is 0 Å². The summed E-state index contributed by atoms with van der Waals surface area (Å²) in [6, 6.07) is -3.49. The van der Waals surface area contributed by atoms with Gasteiger partial charge in [0.2, 0.25) is 0 Å². The van der Waals surface area contributed by atoms with Gasteiger partial charge in [0.05, 0.1) is 6.54 Å². The first-order chi connectivity index (χ1) is 13.6. The van der Waals surface area contributed by atoms with E-state index < -0.39 is 40.1 Å². The fourth-order valence-corrected chi connectivity index (χ4v) is 3.29. The number of imide groups is 1. The molecule has 2 rings (SSSR count). The zero-order chi connectivity index (χ0) is 21.8. The summed E-state index contributed by atoms with van der Waals surface area (Å²) in [4.78, 5) is 56.3. The number of nitrogens with zero attached hydrogens (tertiary/aromatic N) is 3. The van der Waals surface area contributed by atoms with Gasteiger partial charge in [-0.05, 0) is 0 Å². The third kappa shape index (κ3) is 5.29. The van der Waals surface area contributed by atoms with E-state index in [2.05, 4.69) is 20.3 Å². The van der Waals surface area contributed by atoms with Crippen LogP contribution in [-0.2, 0) is 24.6 Å². The minimum atomic E-state index is -4.53. The summed E-state index contributed by atoms with van der Waals surface area (Å²) in [5.74, 6) is -1.69. The molecule has 29 heavy (non-hydrogen) atoms. The second kappa shape index (κ2) is 8.69. The number of nitrogens with two attached hydrogens (primary N) is 1. The van der Waals surface area contributed by atoms with Gasteiger partial charge in [-0.2, -0.15) is 8.42 Å². The molecule has 6 amide bonds. The van der Waals surface area contributed by atoms with E-state index in [-0.39, 0.29) is 23.1 Å². The van der Waals surface area contributed by atoms with E-state index in [1.807, 2.05) is 5.32 Å². The van der Waals surface area contributed by atoms with Gasteiger partial charge in [0.15, 0.2) is 10.8 Å². The van der Waals surface area contributed by atoms with Gasteiger partial charge in [-0.15, -0.1) is 11.3 Å². The van der Waals surface area contributed by atoms with Crippen molar-refractivity contribution in [2.45, 2.75) is 6.04 Å². The Bertz CT molecular complexity index is 973. The van der Waals surface area contributed by atoms with Gasteiger partial charge in [-0.25, -0.2) is 24.0 Å². The molecule has 0 aliphatic carbocycles. The summed E-state index contributed by atoms with van der Waals surface area (Å²) in [5, 5.41) is 9.49. The van der Waals surface area contributed by atoms with E-state index in [0.717, 1.165) is 11.3 Å². The number of anilines is 1. The molecule has 1 fully saturated rings. The second-order valence-corrected chi connectivity index (χ2v) is 7.56. The number of oxime groups is 1. The number of nitrogen functional groups attached to an aromatic ring is 1. The molecule has 1 aliphatic heterocycles. The number of β-lactam (4-membered cyclic amide) rings is 1. The number of aromatic nitrogens is 1. The topological polar surface area (TPSA) is 214 Å². The van der Waals surface area contributed by atoms with Crippen LogP contribution in [0.25, 0.3) is 0 Å². The van der Waals surface area contributed by atoms with Crippen LogP contribution in [0.5, 0.6) is 0 Å². The number of amides is 6. The molecule has 1 aromatic rings.